The minimum atomic E-state index is -0.0871. The molecular weight excluding hydrogens is 371 g/mol. The molecule has 0 fully saturated rings. The van der Waals surface area contributed by atoms with Crippen molar-refractivity contribution in [1.82, 2.24) is 14.1 Å². The van der Waals surface area contributed by atoms with Crippen LogP contribution in [0.2, 0.25) is 5.15 Å². The molecule has 0 spiro atoms. The molecule has 1 unspecified atom stereocenters. The lowest BCUT2D eigenvalue weighted by Gasteiger charge is -2.02. The first-order valence-electron chi connectivity index (χ1n) is 5.17. The van der Waals surface area contributed by atoms with Gasteiger partial charge in [-0.15, -0.1) is 0 Å². The second kappa shape index (κ2) is 6.16. The summed E-state index contributed by atoms with van der Waals surface area (Å²) >= 11 is 8.18. The molecule has 0 aliphatic carbocycles. The lowest BCUT2D eigenvalue weighted by atomic mass is 10.2. The van der Waals surface area contributed by atoms with Gasteiger partial charge in [-0.1, -0.05) is 25.4 Å². The average molecular weight is 386 g/mol. The SMILES string of the molecule is CC.Cc1nn(PI)c2cc(Cl)n(C)c(=O)c12. The van der Waals surface area contributed by atoms with Crippen molar-refractivity contribution in [2.45, 2.75) is 20.8 Å². The van der Waals surface area contributed by atoms with Gasteiger partial charge < -0.3 is 4.57 Å². The fourth-order valence-corrected chi connectivity index (χ4v) is 3.22. The molecule has 0 amide bonds. The Bertz CT molecular complexity index is 593. The molecule has 2 aromatic rings. The van der Waals surface area contributed by atoms with Crippen LogP contribution in [-0.4, -0.2) is 14.1 Å². The number of hydrogen-bond donors (Lipinski definition) is 0. The largest absolute Gasteiger partial charge is 0.302 e. The van der Waals surface area contributed by atoms with E-state index < -0.39 is 0 Å². The number of nitrogens with zero attached hydrogens (tertiary/aromatic N) is 3. The van der Waals surface area contributed by atoms with Gasteiger partial charge >= 0.3 is 0 Å². The summed E-state index contributed by atoms with van der Waals surface area (Å²) in [6.07, 6.45) is 0.463. The van der Waals surface area contributed by atoms with Crippen LogP contribution < -0.4 is 5.56 Å². The molecule has 0 aliphatic rings. The Balaban J connectivity index is 0.000000686. The first-order chi connectivity index (χ1) is 8.06. The second-order valence-electron chi connectivity index (χ2n) is 3.17. The first kappa shape index (κ1) is 14.9. The van der Waals surface area contributed by atoms with Crippen molar-refractivity contribution in [2.24, 2.45) is 7.05 Å². The van der Waals surface area contributed by atoms with Gasteiger partial charge in [0.25, 0.3) is 5.56 Å². The third-order valence-electron chi connectivity index (χ3n) is 2.27. The standard InChI is InChI=1S/C8H8ClIN3OP.C2H6/c1-4-7-5(13(11-4)15-10)3-6(9)12(2)8(7)14;1-2/h3,15H,1-2H3;1-2H3. The Morgan fingerprint density at radius 1 is 1.47 bits per heavy atom. The van der Waals surface area contributed by atoms with Crippen molar-refractivity contribution in [2.75, 3.05) is 0 Å². The Hall–Kier alpha value is -0.130. The zero-order valence-electron chi connectivity index (χ0n) is 10.1. The highest BCUT2D eigenvalue weighted by Gasteiger charge is 2.13. The molecule has 0 bridgehead atoms. The molecule has 2 aromatic heterocycles. The monoisotopic (exact) mass is 385 g/mol. The highest BCUT2D eigenvalue weighted by Crippen LogP contribution is 2.29. The van der Waals surface area contributed by atoms with Crippen molar-refractivity contribution in [3.8, 4) is 0 Å². The Kier molecular flexibility index (Phi) is 5.41. The van der Waals surface area contributed by atoms with Crippen molar-refractivity contribution in [3.63, 3.8) is 0 Å². The zero-order valence-corrected chi connectivity index (χ0v) is 14.0. The Morgan fingerprint density at radius 2 is 2.06 bits per heavy atom. The summed E-state index contributed by atoms with van der Waals surface area (Å²) in [7, 11) is 1.66. The molecule has 17 heavy (non-hydrogen) atoms. The van der Waals surface area contributed by atoms with E-state index in [1.165, 1.54) is 4.57 Å². The topological polar surface area (TPSA) is 39.8 Å². The number of aryl methyl sites for hydroxylation is 1. The maximum Gasteiger partial charge on any atom is 0.262 e. The van der Waals surface area contributed by atoms with E-state index in [0.717, 1.165) is 11.2 Å². The molecule has 4 nitrogen and oxygen atoms in total. The zero-order chi connectivity index (χ0) is 13.2. The van der Waals surface area contributed by atoms with Crippen LogP contribution in [0.5, 0.6) is 0 Å². The van der Waals surface area contributed by atoms with E-state index in [1.54, 1.807) is 17.6 Å². The van der Waals surface area contributed by atoms with Gasteiger partial charge in [0.2, 0.25) is 0 Å². The average Bonchev–Trinajstić information content (AvgIpc) is 2.65. The Morgan fingerprint density at radius 3 is 2.59 bits per heavy atom. The summed E-state index contributed by atoms with van der Waals surface area (Å²) in [5.74, 6) is 0. The first-order valence-corrected chi connectivity index (χ1v) is 9.61. The van der Waals surface area contributed by atoms with Gasteiger partial charge in [0.15, 0.2) is 0 Å². The van der Waals surface area contributed by atoms with Crippen LogP contribution in [0.15, 0.2) is 10.9 Å². The molecule has 0 radical (unpaired) electrons. The van der Waals surface area contributed by atoms with E-state index in [1.807, 2.05) is 20.8 Å². The highest BCUT2D eigenvalue weighted by molar-refractivity contribution is 14.2. The number of rotatable bonds is 1. The van der Waals surface area contributed by atoms with Crippen LogP contribution in [0.1, 0.15) is 19.5 Å². The fourth-order valence-electron chi connectivity index (χ4n) is 1.48. The predicted molar refractivity (Wildman–Crippen MR) is 83.8 cm³/mol. The molecule has 0 aliphatic heterocycles. The summed E-state index contributed by atoms with van der Waals surface area (Å²) in [4.78, 5) is 11.9. The molecule has 1 atom stereocenters. The number of fused-ring (bicyclic) bond motifs is 1. The molecule has 94 valence electrons. The van der Waals surface area contributed by atoms with Gasteiger partial charge in [0, 0.05) is 13.1 Å². The summed E-state index contributed by atoms with van der Waals surface area (Å²) in [5.41, 5.74) is 1.48. The molecule has 0 saturated carbocycles. The fraction of sp³-hybridized carbons (Fsp3) is 0.400. The van der Waals surface area contributed by atoms with E-state index in [4.69, 9.17) is 11.6 Å². The normalized spacial score (nSPS) is 10.9. The number of pyridine rings is 1. The van der Waals surface area contributed by atoms with Crippen LogP contribution in [0, 0.1) is 6.92 Å². The van der Waals surface area contributed by atoms with E-state index in [0.29, 0.717) is 16.9 Å². The number of halogens is 2. The molecule has 0 aromatic carbocycles. The van der Waals surface area contributed by atoms with Crippen LogP contribution in [0.3, 0.4) is 0 Å². The van der Waals surface area contributed by atoms with Gasteiger partial charge in [-0.3, -0.25) is 4.79 Å². The third kappa shape index (κ3) is 2.66. The molecule has 0 N–H and O–H groups in total. The highest BCUT2D eigenvalue weighted by atomic mass is 127. The van der Waals surface area contributed by atoms with Crippen LogP contribution in [0.25, 0.3) is 10.9 Å². The smallest absolute Gasteiger partial charge is 0.262 e. The maximum atomic E-state index is 11.9. The summed E-state index contributed by atoms with van der Waals surface area (Å²) in [6, 6.07) is 1.78. The second-order valence-corrected chi connectivity index (χ2v) is 5.60. The summed E-state index contributed by atoms with van der Waals surface area (Å²) in [5, 5.41) is 5.39. The maximum absolute atomic E-state index is 11.9. The van der Waals surface area contributed by atoms with Gasteiger partial charge in [0.1, 0.15) is 5.15 Å². The predicted octanol–water partition coefficient (Wildman–Crippen LogP) is 3.51. The molecular formula is C10H14ClIN3OP. The van der Waals surface area contributed by atoms with Crippen molar-refractivity contribution < 1.29 is 0 Å². The number of aromatic nitrogens is 3. The van der Waals surface area contributed by atoms with Gasteiger partial charge in [-0.05, 0) is 29.0 Å². The molecule has 2 rings (SSSR count). The lowest BCUT2D eigenvalue weighted by molar-refractivity contribution is 0.873. The van der Waals surface area contributed by atoms with Crippen molar-refractivity contribution in [1.29, 1.82) is 0 Å². The lowest BCUT2D eigenvalue weighted by Crippen LogP contribution is -2.17. The van der Waals surface area contributed by atoms with Gasteiger partial charge in [0.05, 0.1) is 23.0 Å². The third-order valence-corrected chi connectivity index (χ3v) is 4.51. The molecule has 0 saturated heterocycles. The van der Waals surface area contributed by atoms with Crippen molar-refractivity contribution >= 4 is 50.9 Å². The van der Waals surface area contributed by atoms with Crippen LogP contribution in [0.4, 0.5) is 0 Å². The van der Waals surface area contributed by atoms with Gasteiger partial charge in [-0.2, -0.15) is 5.10 Å². The molecule has 2 heterocycles. The number of hydrogen-bond acceptors (Lipinski definition) is 2. The van der Waals surface area contributed by atoms with E-state index in [2.05, 4.69) is 27.1 Å². The summed E-state index contributed by atoms with van der Waals surface area (Å²) in [6.45, 7) is 5.84. The van der Waals surface area contributed by atoms with E-state index in [-0.39, 0.29) is 5.56 Å². The van der Waals surface area contributed by atoms with Crippen LogP contribution in [-0.2, 0) is 7.05 Å². The van der Waals surface area contributed by atoms with E-state index >= 15 is 0 Å². The van der Waals surface area contributed by atoms with Crippen molar-refractivity contribution in [3.05, 3.63) is 27.3 Å². The van der Waals surface area contributed by atoms with Gasteiger partial charge in [-0.25, -0.2) is 4.45 Å². The van der Waals surface area contributed by atoms with Crippen LogP contribution >= 0.6 is 40.0 Å². The minimum absolute atomic E-state index is 0.0871. The minimum Gasteiger partial charge on any atom is -0.302 e. The van der Waals surface area contributed by atoms with E-state index in [9.17, 15) is 4.79 Å². The summed E-state index contributed by atoms with van der Waals surface area (Å²) < 4.78 is 3.23. The quantitative estimate of drug-likeness (QED) is 0.428. The molecule has 7 heteroatoms. The Labute approximate surface area is 120 Å².